The standard InChI is InChI=1S/C19H31N3O3.HI/c1-20-19(22-11-15-25-18-6-3-2-4-7-18)21-10-5-12-24-16-17-8-13-23-14-9-17;/h2-4,6-7,17H,5,8-16H2,1H3,(H2,20,21,22);1H. The molecule has 0 unspecified atom stereocenters. The Morgan fingerprint density at radius 3 is 2.58 bits per heavy atom. The van der Waals surface area contributed by atoms with E-state index in [1.165, 1.54) is 0 Å². The molecule has 0 radical (unpaired) electrons. The number of halogens is 1. The predicted octanol–water partition coefficient (Wildman–Crippen LogP) is 2.68. The van der Waals surface area contributed by atoms with E-state index in [4.69, 9.17) is 14.2 Å². The molecule has 148 valence electrons. The molecule has 1 aliphatic heterocycles. The Morgan fingerprint density at radius 2 is 1.85 bits per heavy atom. The van der Waals surface area contributed by atoms with E-state index in [1.807, 2.05) is 30.3 Å². The Morgan fingerprint density at radius 1 is 1.12 bits per heavy atom. The molecular weight excluding hydrogens is 445 g/mol. The van der Waals surface area contributed by atoms with Crippen molar-refractivity contribution in [1.29, 1.82) is 0 Å². The molecule has 7 heteroatoms. The van der Waals surface area contributed by atoms with Crippen LogP contribution in [0.15, 0.2) is 35.3 Å². The molecule has 0 amide bonds. The summed E-state index contributed by atoms with van der Waals surface area (Å²) >= 11 is 0. The first-order valence-corrected chi connectivity index (χ1v) is 9.16. The van der Waals surface area contributed by atoms with Gasteiger partial charge in [-0.1, -0.05) is 18.2 Å². The monoisotopic (exact) mass is 477 g/mol. The minimum absolute atomic E-state index is 0. The van der Waals surface area contributed by atoms with Crippen LogP contribution in [0, 0.1) is 5.92 Å². The van der Waals surface area contributed by atoms with Gasteiger partial charge in [0.1, 0.15) is 12.4 Å². The zero-order valence-corrected chi connectivity index (χ0v) is 17.9. The van der Waals surface area contributed by atoms with Crippen molar-refractivity contribution in [2.75, 3.05) is 53.2 Å². The molecule has 2 rings (SSSR count). The molecular formula is C19H32IN3O3. The van der Waals surface area contributed by atoms with E-state index in [9.17, 15) is 0 Å². The molecule has 0 aromatic heterocycles. The summed E-state index contributed by atoms with van der Waals surface area (Å²) in [5.74, 6) is 2.34. The summed E-state index contributed by atoms with van der Waals surface area (Å²) in [4.78, 5) is 4.21. The number of benzene rings is 1. The van der Waals surface area contributed by atoms with Crippen LogP contribution in [0.4, 0.5) is 0 Å². The minimum Gasteiger partial charge on any atom is -0.492 e. The van der Waals surface area contributed by atoms with Gasteiger partial charge in [-0.3, -0.25) is 4.99 Å². The normalized spacial score (nSPS) is 15.2. The quantitative estimate of drug-likeness (QED) is 0.235. The lowest BCUT2D eigenvalue weighted by Crippen LogP contribution is -2.39. The first-order valence-electron chi connectivity index (χ1n) is 9.16. The molecule has 1 saturated heterocycles. The van der Waals surface area contributed by atoms with Gasteiger partial charge < -0.3 is 24.8 Å². The summed E-state index contributed by atoms with van der Waals surface area (Å²) in [5.41, 5.74) is 0. The molecule has 6 nitrogen and oxygen atoms in total. The van der Waals surface area contributed by atoms with Crippen molar-refractivity contribution in [1.82, 2.24) is 10.6 Å². The van der Waals surface area contributed by atoms with Gasteiger partial charge in [0.05, 0.1) is 6.54 Å². The van der Waals surface area contributed by atoms with Crippen molar-refractivity contribution in [2.24, 2.45) is 10.9 Å². The number of ether oxygens (including phenoxy) is 3. The Hall–Kier alpha value is -1.06. The van der Waals surface area contributed by atoms with Crippen LogP contribution in [-0.2, 0) is 9.47 Å². The van der Waals surface area contributed by atoms with Gasteiger partial charge in [0.25, 0.3) is 0 Å². The van der Waals surface area contributed by atoms with Crippen LogP contribution in [0.5, 0.6) is 5.75 Å². The fraction of sp³-hybridized carbons (Fsp3) is 0.632. The van der Waals surface area contributed by atoms with E-state index < -0.39 is 0 Å². The molecule has 0 atom stereocenters. The Kier molecular flexibility index (Phi) is 13.3. The Bertz CT molecular complexity index is 482. The molecule has 26 heavy (non-hydrogen) atoms. The Balaban J connectivity index is 0.00000338. The third-order valence-corrected chi connectivity index (χ3v) is 4.08. The van der Waals surface area contributed by atoms with Gasteiger partial charge in [0.2, 0.25) is 0 Å². The molecule has 1 fully saturated rings. The van der Waals surface area contributed by atoms with Crippen LogP contribution in [0.1, 0.15) is 19.3 Å². The average molecular weight is 477 g/mol. The van der Waals surface area contributed by atoms with Crippen molar-refractivity contribution in [2.45, 2.75) is 19.3 Å². The SMILES string of the molecule is CN=C(NCCCOCC1CCOCC1)NCCOc1ccccc1.I. The number of aliphatic imine (C=N–C) groups is 1. The van der Waals surface area contributed by atoms with E-state index in [0.717, 1.165) is 63.9 Å². The van der Waals surface area contributed by atoms with Crippen molar-refractivity contribution in [3.63, 3.8) is 0 Å². The number of hydrogen-bond acceptors (Lipinski definition) is 4. The molecule has 0 bridgehead atoms. The van der Waals surface area contributed by atoms with E-state index in [1.54, 1.807) is 7.05 Å². The van der Waals surface area contributed by atoms with Gasteiger partial charge in [-0.15, -0.1) is 24.0 Å². The van der Waals surface area contributed by atoms with Crippen LogP contribution in [0.25, 0.3) is 0 Å². The number of para-hydroxylation sites is 1. The maximum atomic E-state index is 5.76. The van der Waals surface area contributed by atoms with Crippen LogP contribution in [0.3, 0.4) is 0 Å². The molecule has 0 saturated carbocycles. The fourth-order valence-corrected chi connectivity index (χ4v) is 2.62. The number of nitrogens with one attached hydrogen (secondary N) is 2. The topological polar surface area (TPSA) is 64.1 Å². The highest BCUT2D eigenvalue weighted by molar-refractivity contribution is 14.0. The van der Waals surface area contributed by atoms with Crippen molar-refractivity contribution in [3.05, 3.63) is 30.3 Å². The largest absolute Gasteiger partial charge is 0.492 e. The highest BCUT2D eigenvalue weighted by Crippen LogP contribution is 2.14. The summed E-state index contributed by atoms with van der Waals surface area (Å²) in [6.45, 7) is 5.53. The predicted molar refractivity (Wildman–Crippen MR) is 116 cm³/mol. The summed E-state index contributed by atoms with van der Waals surface area (Å²) in [6.07, 6.45) is 3.21. The van der Waals surface area contributed by atoms with Gasteiger partial charge in [0.15, 0.2) is 5.96 Å². The zero-order valence-electron chi connectivity index (χ0n) is 15.6. The highest BCUT2D eigenvalue weighted by atomic mass is 127. The van der Waals surface area contributed by atoms with Crippen LogP contribution in [-0.4, -0.2) is 59.1 Å². The first-order chi connectivity index (χ1) is 12.4. The molecule has 0 aliphatic carbocycles. The number of nitrogens with zero attached hydrogens (tertiary/aromatic N) is 1. The second-order valence-electron chi connectivity index (χ2n) is 6.07. The first kappa shape index (κ1) is 23.0. The smallest absolute Gasteiger partial charge is 0.191 e. The molecule has 1 aromatic carbocycles. The van der Waals surface area contributed by atoms with Crippen LogP contribution < -0.4 is 15.4 Å². The summed E-state index contributed by atoms with van der Waals surface area (Å²) < 4.78 is 16.8. The van der Waals surface area contributed by atoms with Crippen molar-refractivity contribution in [3.8, 4) is 5.75 Å². The van der Waals surface area contributed by atoms with E-state index >= 15 is 0 Å². The number of hydrogen-bond donors (Lipinski definition) is 2. The maximum Gasteiger partial charge on any atom is 0.191 e. The summed E-state index contributed by atoms with van der Waals surface area (Å²) in [5, 5.41) is 6.53. The third kappa shape index (κ3) is 10.2. The molecule has 1 aliphatic rings. The third-order valence-electron chi connectivity index (χ3n) is 4.08. The molecule has 2 N–H and O–H groups in total. The summed E-state index contributed by atoms with van der Waals surface area (Å²) in [6, 6.07) is 9.81. The fourth-order valence-electron chi connectivity index (χ4n) is 2.62. The number of rotatable bonds is 10. The number of guanidine groups is 1. The van der Waals surface area contributed by atoms with E-state index in [2.05, 4.69) is 15.6 Å². The summed E-state index contributed by atoms with van der Waals surface area (Å²) in [7, 11) is 1.77. The van der Waals surface area contributed by atoms with Crippen LogP contribution >= 0.6 is 24.0 Å². The van der Waals surface area contributed by atoms with Gasteiger partial charge in [-0.05, 0) is 37.3 Å². The lowest BCUT2D eigenvalue weighted by Gasteiger charge is -2.21. The van der Waals surface area contributed by atoms with E-state index in [0.29, 0.717) is 19.1 Å². The zero-order chi connectivity index (χ0) is 17.6. The van der Waals surface area contributed by atoms with Crippen molar-refractivity contribution < 1.29 is 14.2 Å². The maximum absolute atomic E-state index is 5.76. The lowest BCUT2D eigenvalue weighted by molar-refractivity contribution is 0.0203. The molecule has 0 spiro atoms. The lowest BCUT2D eigenvalue weighted by atomic mass is 10.0. The molecule has 1 aromatic rings. The minimum atomic E-state index is 0. The average Bonchev–Trinajstić information content (AvgIpc) is 2.67. The van der Waals surface area contributed by atoms with Gasteiger partial charge in [0, 0.05) is 40.0 Å². The molecule has 1 heterocycles. The highest BCUT2D eigenvalue weighted by Gasteiger charge is 2.13. The Labute approximate surface area is 174 Å². The second-order valence-corrected chi connectivity index (χ2v) is 6.07. The van der Waals surface area contributed by atoms with Gasteiger partial charge >= 0.3 is 0 Å². The van der Waals surface area contributed by atoms with Gasteiger partial charge in [-0.2, -0.15) is 0 Å². The second kappa shape index (κ2) is 15.0. The van der Waals surface area contributed by atoms with Gasteiger partial charge in [-0.25, -0.2) is 0 Å². The van der Waals surface area contributed by atoms with E-state index in [-0.39, 0.29) is 24.0 Å². The van der Waals surface area contributed by atoms with Crippen molar-refractivity contribution >= 4 is 29.9 Å². The van der Waals surface area contributed by atoms with Crippen LogP contribution in [0.2, 0.25) is 0 Å².